The van der Waals surface area contributed by atoms with Crippen LogP contribution in [-0.2, 0) is 0 Å². The molecular weight excluding hydrogens is 372 g/mol. The van der Waals surface area contributed by atoms with Crippen molar-refractivity contribution in [3.05, 3.63) is 35.5 Å². The molecule has 3 N–H and O–H groups in total. The monoisotopic (exact) mass is 418 g/mol. The highest BCUT2D eigenvalue weighted by molar-refractivity contribution is 5.38. The van der Waals surface area contributed by atoms with Gasteiger partial charge in [-0.05, 0) is 87.2 Å². The Bertz CT molecular complexity index is 654. The van der Waals surface area contributed by atoms with Gasteiger partial charge in [0.25, 0.3) is 0 Å². The molecule has 0 aromatic rings. The fourth-order valence-electron chi connectivity index (χ4n) is 6.12. The molecule has 0 aliphatic heterocycles. The standard InChI is InChI=1S/C27H46O3/c1-8-27(7)23(18(2)10-9-15-26(5,6)30)13-14-24(27)19(3)11-12-21-16-22(28)17-25(29)20(21)4/h11-12,18,22-25,28-30H,4,8-10,13-17H2,1-3,5-7H3/b19-11+,21-12-/t18-,22-,23-,24+,25+,27-/m1/s1. The van der Waals surface area contributed by atoms with Gasteiger partial charge in [-0.3, -0.25) is 0 Å². The normalized spacial score (nSPS) is 35.8. The summed E-state index contributed by atoms with van der Waals surface area (Å²) in [5, 5.41) is 30.1. The molecule has 2 rings (SSSR count). The van der Waals surface area contributed by atoms with Crippen LogP contribution in [0.1, 0.15) is 92.9 Å². The van der Waals surface area contributed by atoms with E-state index < -0.39 is 17.8 Å². The van der Waals surface area contributed by atoms with Crippen molar-refractivity contribution in [2.75, 3.05) is 0 Å². The second-order valence-electron chi connectivity index (χ2n) is 11.0. The zero-order valence-corrected chi connectivity index (χ0v) is 20.2. The van der Waals surface area contributed by atoms with E-state index in [0.29, 0.717) is 30.6 Å². The molecule has 0 aromatic carbocycles. The zero-order valence-electron chi connectivity index (χ0n) is 20.2. The molecule has 30 heavy (non-hydrogen) atoms. The first-order chi connectivity index (χ1) is 13.9. The second kappa shape index (κ2) is 10.1. The van der Waals surface area contributed by atoms with Gasteiger partial charge in [0.1, 0.15) is 0 Å². The van der Waals surface area contributed by atoms with Crippen LogP contribution in [0.4, 0.5) is 0 Å². The lowest BCUT2D eigenvalue weighted by molar-refractivity contribution is 0.0621. The Hall–Kier alpha value is -0.900. The highest BCUT2D eigenvalue weighted by Gasteiger charge is 2.47. The van der Waals surface area contributed by atoms with E-state index in [2.05, 4.69) is 46.4 Å². The minimum absolute atomic E-state index is 0.288. The van der Waals surface area contributed by atoms with Crippen LogP contribution in [0.5, 0.6) is 0 Å². The fraction of sp³-hybridized carbons (Fsp3) is 0.778. The van der Waals surface area contributed by atoms with Crippen molar-refractivity contribution in [1.29, 1.82) is 0 Å². The molecule has 0 unspecified atom stereocenters. The predicted molar refractivity (Wildman–Crippen MR) is 126 cm³/mol. The van der Waals surface area contributed by atoms with Crippen LogP contribution in [0.3, 0.4) is 0 Å². The van der Waals surface area contributed by atoms with E-state index in [1.807, 2.05) is 13.8 Å². The number of hydrogen-bond acceptors (Lipinski definition) is 3. The van der Waals surface area contributed by atoms with E-state index in [1.54, 1.807) is 0 Å². The van der Waals surface area contributed by atoms with Gasteiger partial charge in [0.2, 0.25) is 0 Å². The minimum atomic E-state index is -0.629. The Morgan fingerprint density at radius 1 is 1.30 bits per heavy atom. The van der Waals surface area contributed by atoms with Gasteiger partial charge < -0.3 is 15.3 Å². The first kappa shape index (κ1) is 25.4. The summed E-state index contributed by atoms with van der Waals surface area (Å²) >= 11 is 0. The van der Waals surface area contributed by atoms with Crippen molar-refractivity contribution in [1.82, 2.24) is 0 Å². The first-order valence-corrected chi connectivity index (χ1v) is 12.0. The second-order valence-corrected chi connectivity index (χ2v) is 11.0. The van der Waals surface area contributed by atoms with Crippen LogP contribution in [-0.4, -0.2) is 33.1 Å². The lowest BCUT2D eigenvalue weighted by atomic mass is 9.65. The number of aliphatic hydroxyl groups excluding tert-OH is 2. The summed E-state index contributed by atoms with van der Waals surface area (Å²) in [5.74, 6) is 1.93. The van der Waals surface area contributed by atoms with Crippen LogP contribution in [0.2, 0.25) is 0 Å². The molecule has 2 aliphatic carbocycles. The highest BCUT2D eigenvalue weighted by atomic mass is 16.3. The topological polar surface area (TPSA) is 60.7 Å². The molecule has 3 heteroatoms. The van der Waals surface area contributed by atoms with Crippen molar-refractivity contribution < 1.29 is 15.3 Å². The van der Waals surface area contributed by atoms with E-state index in [-0.39, 0.29) is 5.41 Å². The SMILES string of the molecule is C=C1/C(=C\C=C(/C)[C@@H]2CC[C@H]([C@H](C)CCCC(C)(C)O)[C@@]2(C)CC)C[C@@H](O)C[C@@H]1O. The van der Waals surface area contributed by atoms with Gasteiger partial charge >= 0.3 is 0 Å². The van der Waals surface area contributed by atoms with E-state index in [4.69, 9.17) is 0 Å². The largest absolute Gasteiger partial charge is 0.393 e. The molecule has 0 aromatic heterocycles. The zero-order chi connectivity index (χ0) is 22.7. The maximum absolute atomic E-state index is 10.1. The third-order valence-corrected chi connectivity index (χ3v) is 8.17. The number of aliphatic hydroxyl groups is 3. The van der Waals surface area contributed by atoms with Crippen molar-refractivity contribution in [3.63, 3.8) is 0 Å². The molecule has 0 heterocycles. The van der Waals surface area contributed by atoms with Crippen LogP contribution < -0.4 is 0 Å². The van der Waals surface area contributed by atoms with Gasteiger partial charge in [0.15, 0.2) is 0 Å². The summed E-state index contributed by atoms with van der Waals surface area (Å²) in [6.07, 6.45) is 11.0. The molecule has 0 spiro atoms. The van der Waals surface area contributed by atoms with Crippen LogP contribution in [0.25, 0.3) is 0 Å². The summed E-state index contributed by atoms with van der Waals surface area (Å²) in [4.78, 5) is 0. The van der Waals surface area contributed by atoms with E-state index in [1.165, 1.54) is 31.3 Å². The Balaban J connectivity index is 2.10. The summed E-state index contributed by atoms with van der Waals surface area (Å²) in [6, 6.07) is 0. The molecule has 3 nitrogen and oxygen atoms in total. The van der Waals surface area contributed by atoms with Gasteiger partial charge in [0.05, 0.1) is 17.8 Å². The smallest absolute Gasteiger partial charge is 0.0811 e. The predicted octanol–water partition coefficient (Wildman–Crippen LogP) is 5.95. The molecule has 0 saturated heterocycles. The molecule has 0 amide bonds. The lowest BCUT2D eigenvalue weighted by Crippen LogP contribution is -2.32. The van der Waals surface area contributed by atoms with Gasteiger partial charge in [0, 0.05) is 6.42 Å². The fourth-order valence-corrected chi connectivity index (χ4v) is 6.12. The van der Waals surface area contributed by atoms with Crippen LogP contribution in [0.15, 0.2) is 35.5 Å². The summed E-state index contributed by atoms with van der Waals surface area (Å²) in [5.41, 5.74) is 2.86. The summed E-state index contributed by atoms with van der Waals surface area (Å²) in [6.45, 7) is 17.3. The van der Waals surface area contributed by atoms with Crippen molar-refractivity contribution in [3.8, 4) is 0 Å². The van der Waals surface area contributed by atoms with Crippen molar-refractivity contribution in [2.24, 2.45) is 23.2 Å². The van der Waals surface area contributed by atoms with Crippen LogP contribution >= 0.6 is 0 Å². The molecule has 0 radical (unpaired) electrons. The first-order valence-electron chi connectivity index (χ1n) is 12.0. The summed E-state index contributed by atoms with van der Waals surface area (Å²) < 4.78 is 0. The van der Waals surface area contributed by atoms with Gasteiger partial charge in [-0.2, -0.15) is 0 Å². The van der Waals surface area contributed by atoms with Crippen molar-refractivity contribution in [2.45, 2.75) is 111 Å². The third kappa shape index (κ3) is 6.08. The Morgan fingerprint density at radius 3 is 2.57 bits per heavy atom. The number of allylic oxidation sites excluding steroid dienone is 3. The molecule has 2 aliphatic rings. The Morgan fingerprint density at radius 2 is 1.97 bits per heavy atom. The van der Waals surface area contributed by atoms with Gasteiger partial charge in [-0.1, -0.05) is 57.9 Å². The molecular formula is C27H46O3. The van der Waals surface area contributed by atoms with E-state index in [9.17, 15) is 15.3 Å². The summed E-state index contributed by atoms with van der Waals surface area (Å²) in [7, 11) is 0. The quantitative estimate of drug-likeness (QED) is 0.456. The molecule has 0 bridgehead atoms. The Kier molecular flexibility index (Phi) is 8.58. The number of rotatable bonds is 8. The average Bonchev–Trinajstić information content (AvgIpc) is 3.00. The molecule has 2 saturated carbocycles. The minimum Gasteiger partial charge on any atom is -0.393 e. The lowest BCUT2D eigenvalue weighted by Gasteiger charge is -2.40. The highest BCUT2D eigenvalue weighted by Crippen LogP contribution is 2.56. The van der Waals surface area contributed by atoms with Crippen LogP contribution in [0, 0.1) is 23.2 Å². The van der Waals surface area contributed by atoms with Gasteiger partial charge in [-0.25, -0.2) is 0 Å². The average molecular weight is 419 g/mol. The van der Waals surface area contributed by atoms with E-state index in [0.717, 1.165) is 24.0 Å². The Labute approximate surface area is 185 Å². The van der Waals surface area contributed by atoms with Crippen molar-refractivity contribution >= 4 is 0 Å². The maximum Gasteiger partial charge on any atom is 0.0811 e. The molecule has 2 fully saturated rings. The van der Waals surface area contributed by atoms with Gasteiger partial charge in [-0.15, -0.1) is 0 Å². The maximum atomic E-state index is 10.1. The molecule has 6 atom stereocenters. The van der Waals surface area contributed by atoms with E-state index >= 15 is 0 Å². The third-order valence-electron chi connectivity index (χ3n) is 8.17. The molecule has 172 valence electrons. The number of hydrogen-bond donors (Lipinski definition) is 3.